The molecule has 0 radical (unpaired) electrons. The molecule has 0 unspecified atom stereocenters. The number of aromatic nitrogens is 2. The molecule has 0 saturated heterocycles. The largest absolute Gasteiger partial charge is 0.354 e. The van der Waals surface area contributed by atoms with Gasteiger partial charge in [-0.25, -0.2) is 9.78 Å². The second-order valence-corrected chi connectivity index (χ2v) is 4.31. The second-order valence-electron chi connectivity index (χ2n) is 4.31. The number of rotatable bonds is 6. The minimum Gasteiger partial charge on any atom is -0.354 e. The highest BCUT2D eigenvalue weighted by Crippen LogP contribution is 2.03. The summed E-state index contributed by atoms with van der Waals surface area (Å²) >= 11 is 0. The van der Waals surface area contributed by atoms with Crippen molar-refractivity contribution in [3.63, 3.8) is 0 Å². The number of hydrogen-bond donors (Lipinski definition) is 4. The number of urea groups is 1. The van der Waals surface area contributed by atoms with E-state index in [9.17, 15) is 9.59 Å². The molecule has 21 heavy (non-hydrogen) atoms. The lowest BCUT2D eigenvalue weighted by molar-refractivity contribution is -0.120. The van der Waals surface area contributed by atoms with E-state index >= 15 is 0 Å². The van der Waals surface area contributed by atoms with Gasteiger partial charge in [-0.2, -0.15) is 0 Å². The molecule has 0 saturated carbocycles. The average molecular weight is 287 g/mol. The van der Waals surface area contributed by atoms with Gasteiger partial charge in [0.2, 0.25) is 5.91 Å². The van der Waals surface area contributed by atoms with Crippen molar-refractivity contribution < 1.29 is 9.59 Å². The Bertz CT molecular complexity index is 568. The Morgan fingerprint density at radius 2 is 1.95 bits per heavy atom. The van der Waals surface area contributed by atoms with Crippen molar-refractivity contribution in [2.75, 3.05) is 18.4 Å². The predicted molar refractivity (Wildman–Crippen MR) is 78.8 cm³/mol. The van der Waals surface area contributed by atoms with Gasteiger partial charge >= 0.3 is 6.03 Å². The van der Waals surface area contributed by atoms with Crippen LogP contribution in [0, 0.1) is 0 Å². The van der Waals surface area contributed by atoms with Crippen molar-refractivity contribution in [2.24, 2.45) is 0 Å². The number of para-hydroxylation sites is 1. The highest BCUT2D eigenvalue weighted by molar-refractivity contribution is 5.92. The molecule has 0 spiro atoms. The predicted octanol–water partition coefficient (Wildman–Crippen LogP) is 0.890. The molecule has 1 aromatic heterocycles. The van der Waals surface area contributed by atoms with Gasteiger partial charge in [-0.05, 0) is 12.1 Å². The summed E-state index contributed by atoms with van der Waals surface area (Å²) in [6.07, 6.45) is 4.01. The van der Waals surface area contributed by atoms with Crippen molar-refractivity contribution in [3.05, 3.63) is 48.5 Å². The van der Waals surface area contributed by atoms with Crippen LogP contribution in [0.25, 0.3) is 0 Å². The molecule has 110 valence electrons. The van der Waals surface area contributed by atoms with Crippen LogP contribution in [-0.2, 0) is 11.2 Å². The smallest absolute Gasteiger partial charge is 0.319 e. The first-order chi connectivity index (χ1) is 10.2. The summed E-state index contributed by atoms with van der Waals surface area (Å²) in [5, 5.41) is 7.82. The molecule has 0 fully saturated rings. The van der Waals surface area contributed by atoms with Gasteiger partial charge in [0.25, 0.3) is 0 Å². The van der Waals surface area contributed by atoms with Gasteiger partial charge in [0.05, 0.1) is 6.54 Å². The summed E-state index contributed by atoms with van der Waals surface area (Å²) in [5.41, 5.74) is 0.674. The SMILES string of the molecule is O=C(CNC(=O)Nc1ccccc1)NCCc1ncc[nH]1. The quantitative estimate of drug-likeness (QED) is 0.635. The van der Waals surface area contributed by atoms with Gasteiger partial charge in [0, 0.05) is 31.0 Å². The molecule has 3 amide bonds. The minimum absolute atomic E-state index is 0.0726. The maximum Gasteiger partial charge on any atom is 0.319 e. The molecule has 1 aromatic carbocycles. The zero-order valence-electron chi connectivity index (χ0n) is 11.4. The highest BCUT2D eigenvalue weighted by Gasteiger charge is 2.05. The third kappa shape index (κ3) is 5.35. The number of hydrogen-bond acceptors (Lipinski definition) is 3. The van der Waals surface area contributed by atoms with Crippen LogP contribution in [0.1, 0.15) is 5.82 Å². The summed E-state index contributed by atoms with van der Waals surface area (Å²) in [7, 11) is 0. The van der Waals surface area contributed by atoms with E-state index in [0.29, 0.717) is 18.7 Å². The molecule has 7 heteroatoms. The van der Waals surface area contributed by atoms with Crippen LogP contribution < -0.4 is 16.0 Å². The molecule has 7 nitrogen and oxygen atoms in total. The van der Waals surface area contributed by atoms with E-state index in [0.717, 1.165) is 5.82 Å². The fraction of sp³-hybridized carbons (Fsp3) is 0.214. The summed E-state index contributed by atoms with van der Waals surface area (Å²) in [6.45, 7) is 0.394. The molecule has 2 aromatic rings. The van der Waals surface area contributed by atoms with Crippen molar-refractivity contribution in [3.8, 4) is 0 Å². The van der Waals surface area contributed by atoms with Gasteiger partial charge < -0.3 is 20.9 Å². The van der Waals surface area contributed by atoms with Gasteiger partial charge in [-0.1, -0.05) is 18.2 Å². The van der Waals surface area contributed by atoms with E-state index in [1.165, 1.54) is 0 Å². The molecule has 1 heterocycles. The van der Waals surface area contributed by atoms with E-state index < -0.39 is 6.03 Å². The van der Waals surface area contributed by atoms with Crippen molar-refractivity contribution in [1.82, 2.24) is 20.6 Å². The first-order valence-electron chi connectivity index (χ1n) is 6.59. The number of aromatic amines is 1. The Hall–Kier alpha value is -2.83. The Balaban J connectivity index is 1.61. The Morgan fingerprint density at radius 3 is 2.67 bits per heavy atom. The third-order valence-corrected chi connectivity index (χ3v) is 2.68. The second kappa shape index (κ2) is 7.68. The third-order valence-electron chi connectivity index (χ3n) is 2.68. The summed E-state index contributed by atoms with van der Waals surface area (Å²) in [5.74, 6) is 0.565. The number of nitrogens with zero attached hydrogens (tertiary/aromatic N) is 1. The first-order valence-corrected chi connectivity index (χ1v) is 6.59. The number of imidazole rings is 1. The van der Waals surface area contributed by atoms with Crippen molar-refractivity contribution >= 4 is 17.6 Å². The normalized spacial score (nSPS) is 9.90. The van der Waals surface area contributed by atoms with Crippen LogP contribution in [0.3, 0.4) is 0 Å². The van der Waals surface area contributed by atoms with Crippen molar-refractivity contribution in [1.29, 1.82) is 0 Å². The average Bonchev–Trinajstić information content (AvgIpc) is 2.99. The maximum absolute atomic E-state index is 11.6. The first kappa shape index (κ1) is 14.6. The van der Waals surface area contributed by atoms with Gasteiger partial charge in [-0.3, -0.25) is 4.79 Å². The highest BCUT2D eigenvalue weighted by atomic mass is 16.2. The van der Waals surface area contributed by atoms with Crippen LogP contribution >= 0.6 is 0 Å². The van der Waals surface area contributed by atoms with Crippen molar-refractivity contribution in [2.45, 2.75) is 6.42 Å². The number of anilines is 1. The lowest BCUT2D eigenvalue weighted by Crippen LogP contribution is -2.39. The Kier molecular flexibility index (Phi) is 5.33. The summed E-state index contributed by atoms with van der Waals surface area (Å²) < 4.78 is 0. The number of H-pyrrole nitrogens is 1. The number of carbonyl (C=O) groups excluding carboxylic acids is 2. The molecular weight excluding hydrogens is 270 g/mol. The molecule has 2 rings (SSSR count). The Labute approximate surface area is 122 Å². The fourth-order valence-electron chi connectivity index (χ4n) is 1.67. The molecule has 0 aliphatic carbocycles. The van der Waals surface area contributed by atoms with E-state index in [2.05, 4.69) is 25.9 Å². The van der Waals surface area contributed by atoms with E-state index in [-0.39, 0.29) is 12.5 Å². The number of carbonyl (C=O) groups is 2. The molecule has 0 aliphatic rings. The molecule has 4 N–H and O–H groups in total. The van der Waals surface area contributed by atoms with Crippen LogP contribution in [0.2, 0.25) is 0 Å². The van der Waals surface area contributed by atoms with Crippen LogP contribution in [0.4, 0.5) is 10.5 Å². The van der Waals surface area contributed by atoms with E-state index in [1.54, 1.807) is 24.5 Å². The minimum atomic E-state index is -0.414. The molecule has 0 atom stereocenters. The maximum atomic E-state index is 11.6. The van der Waals surface area contributed by atoms with E-state index in [1.807, 2.05) is 18.2 Å². The Morgan fingerprint density at radius 1 is 1.14 bits per heavy atom. The summed E-state index contributed by atoms with van der Waals surface area (Å²) in [4.78, 5) is 30.1. The zero-order chi connectivity index (χ0) is 14.9. The summed E-state index contributed by atoms with van der Waals surface area (Å²) in [6, 6.07) is 8.61. The van der Waals surface area contributed by atoms with Crippen LogP contribution in [0.15, 0.2) is 42.7 Å². The van der Waals surface area contributed by atoms with Gasteiger partial charge in [-0.15, -0.1) is 0 Å². The molecule has 0 aliphatic heterocycles. The van der Waals surface area contributed by atoms with Crippen LogP contribution in [-0.4, -0.2) is 35.0 Å². The lowest BCUT2D eigenvalue weighted by Gasteiger charge is -2.08. The zero-order valence-corrected chi connectivity index (χ0v) is 11.4. The number of nitrogens with one attached hydrogen (secondary N) is 4. The molecule has 0 bridgehead atoms. The van der Waals surface area contributed by atoms with Crippen LogP contribution in [0.5, 0.6) is 0 Å². The lowest BCUT2D eigenvalue weighted by atomic mass is 10.3. The monoisotopic (exact) mass is 287 g/mol. The number of amides is 3. The number of benzene rings is 1. The van der Waals surface area contributed by atoms with Gasteiger partial charge in [0.1, 0.15) is 5.82 Å². The fourth-order valence-corrected chi connectivity index (χ4v) is 1.67. The molecular formula is C14H17N5O2. The standard InChI is InChI=1S/C14H17N5O2/c20-13(17-7-6-12-15-8-9-16-12)10-18-14(21)19-11-4-2-1-3-5-11/h1-5,8-9H,6-7,10H2,(H,15,16)(H,17,20)(H2,18,19,21). The van der Waals surface area contributed by atoms with Gasteiger partial charge in [0.15, 0.2) is 0 Å². The topological polar surface area (TPSA) is 98.9 Å². The van der Waals surface area contributed by atoms with E-state index in [4.69, 9.17) is 0 Å².